The van der Waals surface area contributed by atoms with E-state index in [1.165, 1.54) is 35.7 Å². The summed E-state index contributed by atoms with van der Waals surface area (Å²) >= 11 is 0. The Morgan fingerprint density at radius 3 is 2.52 bits per heavy atom. The molecule has 1 saturated heterocycles. The largest absolute Gasteiger partial charge is 0.495 e. The molecule has 2 aromatic carbocycles. The fraction of sp³-hybridized carbons (Fsp3) is 0.333. The Bertz CT molecular complexity index is 1190. The SMILES string of the molecule is COc1ccc(C(=O)OCC(=O)Nc2c(C)cccc2[N+](=O)[O-])cc1S(=O)(=O)N1CCCC1. The average molecular weight is 477 g/mol. The topological polar surface area (TPSA) is 145 Å². The Labute approximate surface area is 190 Å². The van der Waals surface area contributed by atoms with Gasteiger partial charge in [0.15, 0.2) is 6.61 Å². The molecule has 0 atom stereocenters. The quantitative estimate of drug-likeness (QED) is 0.347. The van der Waals surface area contributed by atoms with Crippen LogP contribution in [0.15, 0.2) is 41.3 Å². The molecule has 1 fully saturated rings. The standard InChI is InChI=1S/C21H23N3O8S/c1-14-6-5-7-16(24(27)28)20(14)22-19(25)13-32-21(26)15-8-9-17(31-2)18(12-15)33(29,30)23-10-3-4-11-23/h5-9,12H,3-4,10-11,13H2,1-2H3,(H,22,25). The molecule has 1 heterocycles. The zero-order valence-corrected chi connectivity index (χ0v) is 18.9. The number of aryl methyl sites for hydroxylation is 1. The molecule has 1 N–H and O–H groups in total. The van der Waals surface area contributed by atoms with Gasteiger partial charge >= 0.3 is 5.97 Å². The lowest BCUT2D eigenvalue weighted by Crippen LogP contribution is -2.28. The Morgan fingerprint density at radius 1 is 1.18 bits per heavy atom. The van der Waals surface area contributed by atoms with Crippen molar-refractivity contribution in [1.82, 2.24) is 4.31 Å². The van der Waals surface area contributed by atoms with Gasteiger partial charge in [0.2, 0.25) is 10.0 Å². The summed E-state index contributed by atoms with van der Waals surface area (Å²) in [6.45, 7) is 1.63. The van der Waals surface area contributed by atoms with Crippen molar-refractivity contribution in [2.75, 3.05) is 32.1 Å². The first-order chi connectivity index (χ1) is 15.6. The number of anilines is 1. The number of ether oxygens (including phenoxy) is 2. The monoisotopic (exact) mass is 477 g/mol. The maximum absolute atomic E-state index is 13.0. The highest BCUT2D eigenvalue weighted by molar-refractivity contribution is 7.89. The third-order valence-corrected chi connectivity index (χ3v) is 7.05. The molecule has 33 heavy (non-hydrogen) atoms. The summed E-state index contributed by atoms with van der Waals surface area (Å²) in [5, 5.41) is 13.6. The Balaban J connectivity index is 1.74. The number of amides is 1. The van der Waals surface area contributed by atoms with Crippen LogP contribution in [0.3, 0.4) is 0 Å². The van der Waals surface area contributed by atoms with Crippen molar-refractivity contribution in [3.63, 3.8) is 0 Å². The van der Waals surface area contributed by atoms with E-state index in [0.29, 0.717) is 18.7 Å². The zero-order chi connectivity index (χ0) is 24.2. The molecule has 1 amide bonds. The van der Waals surface area contributed by atoms with Crippen LogP contribution in [0, 0.1) is 17.0 Å². The predicted octanol–water partition coefficient (Wildman–Crippen LogP) is 2.49. The maximum Gasteiger partial charge on any atom is 0.338 e. The minimum Gasteiger partial charge on any atom is -0.495 e. The van der Waals surface area contributed by atoms with Crippen LogP contribution in [0.5, 0.6) is 5.75 Å². The van der Waals surface area contributed by atoms with Gasteiger partial charge in [-0.15, -0.1) is 0 Å². The summed E-state index contributed by atoms with van der Waals surface area (Å²) in [5.41, 5.74) is 0.104. The molecule has 0 aromatic heterocycles. The molecule has 0 aliphatic carbocycles. The molecule has 1 aliphatic heterocycles. The van der Waals surface area contributed by atoms with Crippen molar-refractivity contribution in [2.45, 2.75) is 24.7 Å². The fourth-order valence-corrected chi connectivity index (χ4v) is 5.13. The summed E-state index contributed by atoms with van der Waals surface area (Å²) in [5.74, 6) is -1.62. The number of nitrogens with one attached hydrogen (secondary N) is 1. The molecule has 0 unspecified atom stereocenters. The molecule has 3 rings (SSSR count). The van der Waals surface area contributed by atoms with Crippen molar-refractivity contribution < 1.29 is 32.4 Å². The third kappa shape index (κ3) is 5.29. The van der Waals surface area contributed by atoms with Crippen LogP contribution in [0.4, 0.5) is 11.4 Å². The maximum atomic E-state index is 13.0. The summed E-state index contributed by atoms with van der Waals surface area (Å²) in [4.78, 5) is 35.1. The van der Waals surface area contributed by atoms with E-state index in [-0.39, 0.29) is 27.6 Å². The van der Waals surface area contributed by atoms with E-state index in [2.05, 4.69) is 5.32 Å². The number of para-hydroxylation sites is 1. The van der Waals surface area contributed by atoms with Crippen LogP contribution >= 0.6 is 0 Å². The van der Waals surface area contributed by atoms with E-state index < -0.39 is 33.4 Å². The first kappa shape index (κ1) is 24.1. The molecule has 176 valence electrons. The first-order valence-corrected chi connectivity index (χ1v) is 11.5. The van der Waals surface area contributed by atoms with Gasteiger partial charge < -0.3 is 14.8 Å². The molecular formula is C21H23N3O8S. The number of hydrogen-bond donors (Lipinski definition) is 1. The number of sulfonamides is 1. The van der Waals surface area contributed by atoms with E-state index in [9.17, 15) is 28.1 Å². The highest BCUT2D eigenvalue weighted by atomic mass is 32.2. The third-order valence-electron chi connectivity index (χ3n) is 5.13. The number of carbonyl (C=O) groups excluding carboxylic acids is 2. The van der Waals surface area contributed by atoms with Crippen LogP contribution in [-0.4, -0.2) is 56.3 Å². The number of benzene rings is 2. The Kier molecular flexibility index (Phi) is 7.29. The molecular weight excluding hydrogens is 454 g/mol. The summed E-state index contributed by atoms with van der Waals surface area (Å²) < 4.78 is 37.4. The van der Waals surface area contributed by atoms with Gasteiger partial charge in [0.1, 0.15) is 16.3 Å². The smallest absolute Gasteiger partial charge is 0.338 e. The summed E-state index contributed by atoms with van der Waals surface area (Å²) in [6, 6.07) is 8.15. The Hall–Kier alpha value is -3.51. The second-order valence-electron chi connectivity index (χ2n) is 7.33. The van der Waals surface area contributed by atoms with Crippen LogP contribution in [0.2, 0.25) is 0 Å². The van der Waals surface area contributed by atoms with Gasteiger partial charge in [-0.3, -0.25) is 14.9 Å². The second-order valence-corrected chi connectivity index (χ2v) is 9.23. The Morgan fingerprint density at radius 2 is 1.88 bits per heavy atom. The summed E-state index contributed by atoms with van der Waals surface area (Å²) in [6.07, 6.45) is 1.49. The highest BCUT2D eigenvalue weighted by Gasteiger charge is 2.31. The molecule has 2 aromatic rings. The van der Waals surface area contributed by atoms with Crippen LogP contribution in [-0.2, 0) is 19.6 Å². The minimum atomic E-state index is -3.87. The number of nitrogens with zero attached hydrogens (tertiary/aromatic N) is 2. The zero-order valence-electron chi connectivity index (χ0n) is 18.1. The molecule has 11 nitrogen and oxygen atoms in total. The van der Waals surface area contributed by atoms with Crippen molar-refractivity contribution in [3.8, 4) is 5.75 Å². The van der Waals surface area contributed by atoms with Gasteiger partial charge in [0, 0.05) is 19.2 Å². The van der Waals surface area contributed by atoms with Gasteiger partial charge in [-0.05, 0) is 43.5 Å². The van der Waals surface area contributed by atoms with Gasteiger partial charge in [-0.1, -0.05) is 12.1 Å². The number of nitro groups is 1. The molecule has 1 aliphatic rings. The van der Waals surface area contributed by atoms with Crippen molar-refractivity contribution in [3.05, 3.63) is 57.6 Å². The highest BCUT2D eigenvalue weighted by Crippen LogP contribution is 2.30. The van der Waals surface area contributed by atoms with Gasteiger partial charge in [-0.2, -0.15) is 4.31 Å². The molecule has 0 bridgehead atoms. The van der Waals surface area contributed by atoms with Crippen molar-refractivity contribution in [1.29, 1.82) is 0 Å². The van der Waals surface area contributed by atoms with Crippen molar-refractivity contribution >= 4 is 33.3 Å². The number of rotatable bonds is 8. The van der Waals surface area contributed by atoms with E-state index in [0.717, 1.165) is 18.9 Å². The fourth-order valence-electron chi connectivity index (χ4n) is 3.43. The van der Waals surface area contributed by atoms with Crippen LogP contribution < -0.4 is 10.1 Å². The first-order valence-electron chi connectivity index (χ1n) is 10.0. The number of esters is 1. The van der Waals surface area contributed by atoms with E-state index in [4.69, 9.17) is 9.47 Å². The lowest BCUT2D eigenvalue weighted by atomic mass is 10.1. The molecule has 0 spiro atoms. The lowest BCUT2D eigenvalue weighted by Gasteiger charge is -2.18. The van der Waals surface area contributed by atoms with Crippen LogP contribution in [0.25, 0.3) is 0 Å². The van der Waals surface area contributed by atoms with E-state index in [1.54, 1.807) is 13.0 Å². The van der Waals surface area contributed by atoms with E-state index in [1.807, 2.05) is 0 Å². The molecule has 0 saturated carbocycles. The molecule has 12 heteroatoms. The average Bonchev–Trinajstić information content (AvgIpc) is 3.34. The lowest BCUT2D eigenvalue weighted by molar-refractivity contribution is -0.384. The van der Waals surface area contributed by atoms with E-state index >= 15 is 0 Å². The van der Waals surface area contributed by atoms with Crippen molar-refractivity contribution in [2.24, 2.45) is 0 Å². The number of nitro benzene ring substituents is 1. The van der Waals surface area contributed by atoms with Gasteiger partial charge in [-0.25, -0.2) is 13.2 Å². The number of methoxy groups -OCH3 is 1. The number of hydrogen-bond acceptors (Lipinski definition) is 8. The minimum absolute atomic E-state index is 0.00647. The predicted molar refractivity (Wildman–Crippen MR) is 118 cm³/mol. The van der Waals surface area contributed by atoms with Crippen LogP contribution in [0.1, 0.15) is 28.8 Å². The normalized spacial score (nSPS) is 14.0. The molecule has 0 radical (unpaired) electrons. The summed E-state index contributed by atoms with van der Waals surface area (Å²) in [7, 11) is -2.54. The second kappa shape index (κ2) is 9.96. The van der Waals surface area contributed by atoms with Gasteiger partial charge in [0.25, 0.3) is 11.6 Å². The van der Waals surface area contributed by atoms with Gasteiger partial charge in [0.05, 0.1) is 17.6 Å². The number of carbonyl (C=O) groups is 2.